The average molecular weight is 206 g/mol. The maximum atomic E-state index is 11.6. The van der Waals surface area contributed by atoms with Gasteiger partial charge in [0.2, 0.25) is 0 Å². The number of nitrogens with two attached hydrogens (primary N) is 1. The molecule has 4 heteroatoms. The smallest absolute Gasteiger partial charge is 0.265 e. The van der Waals surface area contributed by atoms with Crippen LogP contribution in [0.1, 0.15) is 19.8 Å². The summed E-state index contributed by atoms with van der Waals surface area (Å²) in [5, 5.41) is 2.79. The van der Waals surface area contributed by atoms with E-state index in [1.54, 1.807) is 18.2 Å². The van der Waals surface area contributed by atoms with Crippen LogP contribution in [0.2, 0.25) is 0 Å². The summed E-state index contributed by atoms with van der Waals surface area (Å²) in [6.45, 7) is 2.02. The van der Waals surface area contributed by atoms with E-state index in [2.05, 4.69) is 5.32 Å². The summed E-state index contributed by atoms with van der Waals surface area (Å²) in [5.41, 5.74) is 6.89. The minimum atomic E-state index is -0.369. The van der Waals surface area contributed by atoms with Crippen LogP contribution < -0.4 is 15.8 Å². The highest BCUT2D eigenvalue weighted by molar-refractivity contribution is 5.98. The number of anilines is 2. The number of amides is 1. The van der Waals surface area contributed by atoms with Gasteiger partial charge in [0.25, 0.3) is 5.91 Å². The molecule has 2 rings (SSSR count). The molecule has 0 spiro atoms. The molecule has 1 atom stereocenters. The van der Waals surface area contributed by atoms with Crippen molar-refractivity contribution >= 4 is 17.3 Å². The van der Waals surface area contributed by atoms with E-state index < -0.39 is 0 Å². The van der Waals surface area contributed by atoms with Crippen molar-refractivity contribution in [3.05, 3.63) is 18.2 Å². The lowest BCUT2D eigenvalue weighted by atomic mass is 10.1. The Morgan fingerprint density at radius 2 is 2.33 bits per heavy atom. The van der Waals surface area contributed by atoms with Gasteiger partial charge in [0, 0.05) is 5.69 Å². The van der Waals surface area contributed by atoms with Gasteiger partial charge in [-0.05, 0) is 24.6 Å². The zero-order chi connectivity index (χ0) is 10.8. The fourth-order valence-corrected chi connectivity index (χ4v) is 1.62. The number of rotatable bonds is 2. The number of benzene rings is 1. The average Bonchev–Trinajstić information content (AvgIpc) is 2.20. The molecule has 0 radical (unpaired) electrons. The molecule has 1 heterocycles. The first kappa shape index (κ1) is 9.83. The predicted octanol–water partition coefficient (Wildman–Crippen LogP) is 1.77. The number of carbonyl (C=O) groups is 1. The molecule has 4 nitrogen and oxygen atoms in total. The Morgan fingerprint density at radius 3 is 3.07 bits per heavy atom. The molecular formula is C11H14N2O2. The van der Waals surface area contributed by atoms with Crippen molar-refractivity contribution < 1.29 is 9.53 Å². The van der Waals surface area contributed by atoms with Crippen LogP contribution in [0.4, 0.5) is 11.4 Å². The second-order valence-corrected chi connectivity index (χ2v) is 3.64. The zero-order valence-electron chi connectivity index (χ0n) is 8.62. The molecule has 0 aliphatic carbocycles. The normalized spacial score (nSPS) is 19.0. The van der Waals surface area contributed by atoms with Gasteiger partial charge in [-0.2, -0.15) is 0 Å². The highest BCUT2D eigenvalue weighted by Gasteiger charge is 2.26. The Morgan fingerprint density at radius 1 is 1.53 bits per heavy atom. The van der Waals surface area contributed by atoms with Gasteiger partial charge in [0.1, 0.15) is 5.75 Å². The second kappa shape index (κ2) is 3.81. The molecule has 1 amide bonds. The molecule has 80 valence electrons. The van der Waals surface area contributed by atoms with Crippen molar-refractivity contribution in [3.8, 4) is 5.75 Å². The lowest BCUT2D eigenvalue weighted by Gasteiger charge is -2.25. The molecule has 3 N–H and O–H groups in total. The Hall–Kier alpha value is -1.71. The minimum absolute atomic E-state index is 0.0880. The largest absolute Gasteiger partial charge is 0.478 e. The highest BCUT2D eigenvalue weighted by Crippen LogP contribution is 2.32. The Bertz CT molecular complexity index is 390. The molecule has 1 aromatic carbocycles. The molecule has 0 bridgehead atoms. The monoisotopic (exact) mass is 206 g/mol. The molecule has 1 aliphatic heterocycles. The molecular weight excluding hydrogens is 192 g/mol. The Balaban J connectivity index is 2.26. The third-order valence-electron chi connectivity index (χ3n) is 2.37. The van der Waals surface area contributed by atoms with Gasteiger partial charge in [-0.3, -0.25) is 4.79 Å². The van der Waals surface area contributed by atoms with Crippen molar-refractivity contribution in [2.75, 3.05) is 11.1 Å². The van der Waals surface area contributed by atoms with E-state index in [0.717, 1.165) is 12.8 Å². The zero-order valence-corrected chi connectivity index (χ0v) is 8.62. The van der Waals surface area contributed by atoms with Crippen LogP contribution in [0.5, 0.6) is 5.75 Å². The number of ether oxygens (including phenoxy) is 1. The number of carbonyl (C=O) groups excluding carboxylic acids is 1. The van der Waals surface area contributed by atoms with Gasteiger partial charge in [-0.25, -0.2) is 0 Å². The number of nitrogens with one attached hydrogen (secondary N) is 1. The maximum absolute atomic E-state index is 11.6. The maximum Gasteiger partial charge on any atom is 0.265 e. The van der Waals surface area contributed by atoms with Crippen LogP contribution in [0.15, 0.2) is 18.2 Å². The molecule has 0 aromatic heterocycles. The third-order valence-corrected chi connectivity index (χ3v) is 2.37. The Kier molecular flexibility index (Phi) is 2.49. The van der Waals surface area contributed by atoms with Gasteiger partial charge >= 0.3 is 0 Å². The summed E-state index contributed by atoms with van der Waals surface area (Å²) in [5.74, 6) is 0.609. The summed E-state index contributed by atoms with van der Waals surface area (Å²) >= 11 is 0. The van der Waals surface area contributed by atoms with E-state index in [1.807, 2.05) is 6.92 Å². The lowest BCUT2D eigenvalue weighted by molar-refractivity contribution is -0.123. The van der Waals surface area contributed by atoms with Crippen LogP contribution in [-0.4, -0.2) is 12.0 Å². The van der Waals surface area contributed by atoms with Crippen molar-refractivity contribution in [1.82, 2.24) is 0 Å². The van der Waals surface area contributed by atoms with Crippen LogP contribution in [-0.2, 0) is 4.79 Å². The summed E-state index contributed by atoms with van der Waals surface area (Å²) < 4.78 is 5.57. The number of hydrogen-bond donors (Lipinski definition) is 2. The molecule has 15 heavy (non-hydrogen) atoms. The summed E-state index contributed by atoms with van der Waals surface area (Å²) in [6, 6.07) is 5.25. The summed E-state index contributed by atoms with van der Waals surface area (Å²) in [6.07, 6.45) is 1.28. The van der Waals surface area contributed by atoms with E-state index in [1.165, 1.54) is 0 Å². The molecule has 1 aliphatic rings. The molecule has 1 aromatic rings. The SMILES string of the molecule is CCCC1Oc2ccc(N)cc2NC1=O. The van der Waals surface area contributed by atoms with Crippen molar-refractivity contribution in [3.63, 3.8) is 0 Å². The van der Waals surface area contributed by atoms with Crippen LogP contribution in [0, 0.1) is 0 Å². The molecule has 0 fully saturated rings. The van der Waals surface area contributed by atoms with Gasteiger partial charge in [0.05, 0.1) is 5.69 Å². The van der Waals surface area contributed by atoms with Gasteiger partial charge < -0.3 is 15.8 Å². The lowest BCUT2D eigenvalue weighted by Crippen LogP contribution is -2.36. The van der Waals surface area contributed by atoms with Crippen LogP contribution in [0.3, 0.4) is 0 Å². The number of fused-ring (bicyclic) bond motifs is 1. The van der Waals surface area contributed by atoms with Crippen LogP contribution in [0.25, 0.3) is 0 Å². The standard InChI is InChI=1S/C11H14N2O2/c1-2-3-10-11(14)13-8-6-7(12)4-5-9(8)15-10/h4-6,10H,2-3,12H2,1H3,(H,13,14). The predicted molar refractivity (Wildman–Crippen MR) is 58.8 cm³/mol. The third kappa shape index (κ3) is 1.88. The Labute approximate surface area is 88.4 Å². The minimum Gasteiger partial charge on any atom is -0.478 e. The van der Waals surface area contributed by atoms with E-state index in [-0.39, 0.29) is 12.0 Å². The first-order valence-electron chi connectivity index (χ1n) is 5.07. The summed E-state index contributed by atoms with van der Waals surface area (Å²) in [7, 11) is 0. The summed E-state index contributed by atoms with van der Waals surface area (Å²) in [4.78, 5) is 11.6. The van der Waals surface area contributed by atoms with Gasteiger partial charge in [-0.15, -0.1) is 0 Å². The van der Waals surface area contributed by atoms with Crippen molar-refractivity contribution in [1.29, 1.82) is 0 Å². The molecule has 1 unspecified atom stereocenters. The van der Waals surface area contributed by atoms with Gasteiger partial charge in [-0.1, -0.05) is 13.3 Å². The first-order valence-corrected chi connectivity index (χ1v) is 5.07. The van der Waals surface area contributed by atoms with E-state index in [4.69, 9.17) is 10.5 Å². The fourth-order valence-electron chi connectivity index (χ4n) is 1.62. The molecule has 0 saturated heterocycles. The van der Waals surface area contributed by atoms with Crippen molar-refractivity contribution in [2.24, 2.45) is 0 Å². The quantitative estimate of drug-likeness (QED) is 0.725. The van der Waals surface area contributed by atoms with Gasteiger partial charge in [0.15, 0.2) is 6.10 Å². The molecule has 0 saturated carbocycles. The highest BCUT2D eigenvalue weighted by atomic mass is 16.5. The topological polar surface area (TPSA) is 64.3 Å². The van der Waals surface area contributed by atoms with E-state index in [0.29, 0.717) is 17.1 Å². The number of hydrogen-bond acceptors (Lipinski definition) is 3. The fraction of sp³-hybridized carbons (Fsp3) is 0.364. The van der Waals surface area contributed by atoms with Crippen LogP contribution >= 0.6 is 0 Å². The van der Waals surface area contributed by atoms with E-state index in [9.17, 15) is 4.79 Å². The van der Waals surface area contributed by atoms with Crippen molar-refractivity contribution in [2.45, 2.75) is 25.9 Å². The number of nitrogen functional groups attached to an aromatic ring is 1. The first-order chi connectivity index (χ1) is 7.20. The second-order valence-electron chi connectivity index (χ2n) is 3.64. The van der Waals surface area contributed by atoms with E-state index >= 15 is 0 Å².